The third-order valence-electron chi connectivity index (χ3n) is 5.62. The number of carbonyl (C=O) groups is 4. The van der Waals surface area contributed by atoms with E-state index in [1.807, 2.05) is 0 Å². The zero-order chi connectivity index (χ0) is 32.5. The number of nitro groups is 1. The second-order valence-corrected chi connectivity index (χ2v) is 11.6. The molecule has 236 valence electrons. The van der Waals surface area contributed by atoms with Crippen molar-refractivity contribution in [1.29, 1.82) is 0 Å². The predicted octanol–water partition coefficient (Wildman–Crippen LogP) is 3.97. The van der Waals surface area contributed by atoms with Crippen molar-refractivity contribution in [3.8, 4) is 0 Å². The molecule has 1 heterocycles. The van der Waals surface area contributed by atoms with Gasteiger partial charge in [-0.2, -0.15) is 0 Å². The number of carbonyl (C=O) groups excluding carboxylic acids is 4. The lowest BCUT2D eigenvalue weighted by atomic mass is 9.80. The largest absolute Gasteiger partial charge is 0.460 e. The van der Waals surface area contributed by atoms with Gasteiger partial charge >= 0.3 is 24.1 Å². The Balaban J connectivity index is 2.27. The molecule has 1 aliphatic rings. The van der Waals surface area contributed by atoms with Crippen molar-refractivity contribution in [3.05, 3.63) is 62.5 Å². The molecular weight excluding hydrogens is 564 g/mol. The van der Waals surface area contributed by atoms with Crippen LogP contribution >= 0.6 is 0 Å². The maximum absolute atomic E-state index is 13.4. The third-order valence-corrected chi connectivity index (χ3v) is 5.62. The van der Waals surface area contributed by atoms with E-state index in [1.165, 1.54) is 18.2 Å². The van der Waals surface area contributed by atoms with Crippen molar-refractivity contribution in [2.75, 3.05) is 26.3 Å². The average Bonchev–Trinajstić information content (AvgIpc) is 2.86. The normalized spacial score (nSPS) is 14.0. The molecule has 14 heteroatoms. The van der Waals surface area contributed by atoms with Crippen LogP contribution in [0.1, 0.15) is 66.9 Å². The maximum atomic E-state index is 13.4. The van der Waals surface area contributed by atoms with Crippen molar-refractivity contribution in [2.45, 2.75) is 72.5 Å². The van der Waals surface area contributed by atoms with Gasteiger partial charge < -0.3 is 34.9 Å². The Morgan fingerprint density at radius 3 is 1.67 bits per heavy atom. The Hall–Kier alpha value is -4.62. The van der Waals surface area contributed by atoms with Gasteiger partial charge in [-0.1, -0.05) is 12.1 Å². The Bertz CT molecular complexity index is 1230. The summed E-state index contributed by atoms with van der Waals surface area (Å²) in [4.78, 5) is 61.5. The lowest BCUT2D eigenvalue weighted by Crippen LogP contribution is -2.36. The fraction of sp³-hybridized carbons (Fsp3) is 0.517. The second-order valence-electron chi connectivity index (χ2n) is 11.6. The minimum absolute atomic E-state index is 0.0298. The second kappa shape index (κ2) is 14.5. The molecule has 1 aromatic carbocycles. The number of non-ortho nitro benzene ring substituents is 1. The number of amides is 2. The SMILES string of the molecule is CC1=C(C(=O)OCCNC(=O)OC(C)(C)C)C(c2cccc([N+](=O)[O-])c2)C(C(=O)OCCNC(=O)OC(C)(C)C)=C(C)N1. The monoisotopic (exact) mass is 604 g/mol. The van der Waals surface area contributed by atoms with Gasteiger partial charge in [0.1, 0.15) is 24.4 Å². The van der Waals surface area contributed by atoms with Crippen LogP contribution in [-0.4, -0.2) is 66.6 Å². The quantitative estimate of drug-likeness (QED) is 0.115. The highest BCUT2D eigenvalue weighted by Crippen LogP contribution is 2.40. The van der Waals surface area contributed by atoms with Gasteiger partial charge in [0.2, 0.25) is 0 Å². The minimum Gasteiger partial charge on any atom is -0.460 e. The molecule has 0 spiro atoms. The number of esters is 2. The maximum Gasteiger partial charge on any atom is 0.407 e. The lowest BCUT2D eigenvalue weighted by Gasteiger charge is -2.30. The topological polar surface area (TPSA) is 184 Å². The molecule has 0 atom stereocenters. The van der Waals surface area contributed by atoms with Crippen LogP contribution in [0.5, 0.6) is 0 Å². The van der Waals surface area contributed by atoms with E-state index in [2.05, 4.69) is 16.0 Å². The minimum atomic E-state index is -1.08. The zero-order valence-electron chi connectivity index (χ0n) is 25.7. The summed E-state index contributed by atoms with van der Waals surface area (Å²) in [5.41, 5.74) is -0.581. The van der Waals surface area contributed by atoms with Crippen molar-refractivity contribution in [1.82, 2.24) is 16.0 Å². The molecule has 14 nitrogen and oxygen atoms in total. The van der Waals surface area contributed by atoms with E-state index in [4.69, 9.17) is 18.9 Å². The first-order valence-electron chi connectivity index (χ1n) is 13.6. The number of nitro benzene ring substituents is 1. The molecule has 2 amide bonds. The highest BCUT2D eigenvalue weighted by atomic mass is 16.6. The number of allylic oxidation sites excluding steroid dienone is 2. The molecular formula is C29H40N4O10. The molecule has 0 aromatic heterocycles. The number of alkyl carbamates (subject to hydrolysis) is 2. The summed E-state index contributed by atoms with van der Waals surface area (Å²) in [6, 6.07) is 5.56. The summed E-state index contributed by atoms with van der Waals surface area (Å²) >= 11 is 0. The summed E-state index contributed by atoms with van der Waals surface area (Å²) in [7, 11) is 0. The van der Waals surface area contributed by atoms with E-state index in [-0.39, 0.29) is 48.7 Å². The number of hydrogen-bond acceptors (Lipinski definition) is 11. The number of ether oxygens (including phenoxy) is 4. The predicted molar refractivity (Wildman–Crippen MR) is 155 cm³/mol. The first kappa shape index (κ1) is 34.6. The van der Waals surface area contributed by atoms with Gasteiger partial charge in [-0.25, -0.2) is 19.2 Å². The van der Waals surface area contributed by atoms with Crippen LogP contribution in [0.2, 0.25) is 0 Å². The Morgan fingerprint density at radius 2 is 1.28 bits per heavy atom. The van der Waals surface area contributed by atoms with Gasteiger partial charge in [-0.3, -0.25) is 10.1 Å². The summed E-state index contributed by atoms with van der Waals surface area (Å²) < 4.78 is 21.1. The van der Waals surface area contributed by atoms with Crippen LogP contribution in [0.25, 0.3) is 0 Å². The molecule has 43 heavy (non-hydrogen) atoms. The molecule has 1 aliphatic heterocycles. The Morgan fingerprint density at radius 1 is 0.837 bits per heavy atom. The van der Waals surface area contributed by atoms with Crippen molar-refractivity contribution in [2.24, 2.45) is 0 Å². The van der Waals surface area contributed by atoms with E-state index in [0.717, 1.165) is 0 Å². The first-order valence-corrected chi connectivity index (χ1v) is 13.6. The average molecular weight is 605 g/mol. The van der Waals surface area contributed by atoms with E-state index in [1.54, 1.807) is 61.5 Å². The Labute approximate surface area is 250 Å². The van der Waals surface area contributed by atoms with Gasteiger partial charge in [0.25, 0.3) is 5.69 Å². The van der Waals surface area contributed by atoms with Crippen LogP contribution in [0, 0.1) is 10.1 Å². The molecule has 3 N–H and O–H groups in total. The molecule has 0 aliphatic carbocycles. The van der Waals surface area contributed by atoms with Crippen molar-refractivity contribution < 1.29 is 43.0 Å². The molecule has 2 rings (SSSR count). The first-order chi connectivity index (χ1) is 19.9. The summed E-state index contributed by atoms with van der Waals surface area (Å²) in [5, 5.41) is 19.5. The zero-order valence-corrected chi connectivity index (χ0v) is 25.7. The van der Waals surface area contributed by atoms with Gasteiger partial charge in [0, 0.05) is 23.5 Å². The van der Waals surface area contributed by atoms with Crippen LogP contribution in [0.3, 0.4) is 0 Å². The van der Waals surface area contributed by atoms with E-state index >= 15 is 0 Å². The summed E-state index contributed by atoms with van der Waals surface area (Å²) in [5.74, 6) is -2.70. The van der Waals surface area contributed by atoms with Gasteiger partial charge in [-0.05, 0) is 61.0 Å². The number of nitrogens with one attached hydrogen (secondary N) is 3. The number of rotatable bonds is 10. The Kier molecular flexibility index (Phi) is 11.7. The van der Waals surface area contributed by atoms with Crippen LogP contribution in [0.15, 0.2) is 46.8 Å². The van der Waals surface area contributed by atoms with Crippen molar-refractivity contribution >= 4 is 29.8 Å². The number of hydrogen-bond donors (Lipinski definition) is 3. The van der Waals surface area contributed by atoms with Gasteiger partial charge in [0.05, 0.1) is 35.1 Å². The molecule has 0 saturated heterocycles. The smallest absolute Gasteiger partial charge is 0.407 e. The fourth-order valence-electron chi connectivity index (χ4n) is 4.06. The van der Waals surface area contributed by atoms with Gasteiger partial charge in [-0.15, -0.1) is 0 Å². The lowest BCUT2D eigenvalue weighted by molar-refractivity contribution is -0.384. The molecule has 0 saturated carbocycles. The highest BCUT2D eigenvalue weighted by molar-refractivity contribution is 6.00. The summed E-state index contributed by atoms with van der Waals surface area (Å²) in [6.45, 7) is 13.0. The van der Waals surface area contributed by atoms with Crippen LogP contribution < -0.4 is 16.0 Å². The van der Waals surface area contributed by atoms with E-state index < -0.39 is 46.2 Å². The molecule has 0 radical (unpaired) electrons. The molecule has 0 fully saturated rings. The number of benzene rings is 1. The number of nitrogens with zero attached hydrogens (tertiary/aromatic N) is 1. The molecule has 1 aromatic rings. The highest BCUT2D eigenvalue weighted by Gasteiger charge is 2.38. The number of dihydropyridines is 1. The molecule has 0 unspecified atom stereocenters. The van der Waals surface area contributed by atoms with E-state index in [0.29, 0.717) is 11.4 Å². The van der Waals surface area contributed by atoms with E-state index in [9.17, 15) is 29.3 Å². The van der Waals surface area contributed by atoms with Crippen molar-refractivity contribution in [3.63, 3.8) is 0 Å². The third kappa shape index (κ3) is 10.9. The van der Waals surface area contributed by atoms with Gasteiger partial charge in [0.15, 0.2) is 0 Å². The van der Waals surface area contributed by atoms with Crippen LogP contribution in [0.4, 0.5) is 15.3 Å². The fourth-order valence-corrected chi connectivity index (χ4v) is 4.06. The molecule has 0 bridgehead atoms. The summed E-state index contributed by atoms with van der Waals surface area (Å²) in [6.07, 6.45) is -1.37. The van der Waals surface area contributed by atoms with Crippen LogP contribution in [-0.2, 0) is 28.5 Å². The standard InChI is InChI=1S/C29H40N4O10/c1-17-21(24(34)40-14-12-30-26(36)42-28(3,4)5)23(19-10-9-11-20(16-19)33(38)39)22(18(2)32-17)25(35)41-15-13-31-27(37)43-29(6,7)8/h9-11,16,23,32H,12-15H2,1-8H3,(H,30,36)(H,31,37).